The van der Waals surface area contributed by atoms with Crippen LogP contribution in [0.4, 0.5) is 0 Å². The molecular formula is C49H60ClN7O8. The Morgan fingerprint density at radius 2 is 1.63 bits per heavy atom. The van der Waals surface area contributed by atoms with Gasteiger partial charge in [-0.1, -0.05) is 89.5 Å². The van der Waals surface area contributed by atoms with Crippen LogP contribution in [0.5, 0.6) is 11.5 Å². The van der Waals surface area contributed by atoms with Crippen LogP contribution in [0.25, 0.3) is 11.4 Å². The fraction of sp³-hybridized carbons (Fsp3) is 0.490. The molecule has 0 unspecified atom stereocenters. The number of ether oxygens (including phenoxy) is 3. The summed E-state index contributed by atoms with van der Waals surface area (Å²) in [6, 6.07) is 19.6. The SMILES string of the molecule is C[C@H](NC(=O)[C@@H]1CCCN1C(=O)[C@@H](NC(=O)COCCCCOc1ccc(C(=O)N[C@H]2C(C)(C)[C@H](Oc3ccc(C#N)c(Cl)c3)C2(C)C)cc1)C(C)(C)C)c1ccc(-c2ncon2)cc1. The van der Waals surface area contributed by atoms with Gasteiger partial charge in [0.1, 0.15) is 42.4 Å². The van der Waals surface area contributed by atoms with Crippen LogP contribution >= 0.6 is 11.6 Å². The molecule has 0 bridgehead atoms. The molecular weight excluding hydrogens is 850 g/mol. The van der Waals surface area contributed by atoms with E-state index < -0.39 is 34.2 Å². The first-order chi connectivity index (χ1) is 30.8. The number of carbonyl (C=O) groups is 4. The van der Waals surface area contributed by atoms with Crippen molar-refractivity contribution in [2.45, 2.75) is 111 Å². The Morgan fingerprint density at radius 1 is 0.954 bits per heavy atom. The van der Waals surface area contributed by atoms with Gasteiger partial charge in [0.15, 0.2) is 0 Å². The number of nitrogens with one attached hydrogen (secondary N) is 3. The quantitative estimate of drug-likeness (QED) is 0.0839. The average molecular weight is 911 g/mol. The summed E-state index contributed by atoms with van der Waals surface area (Å²) in [6.07, 6.45) is 3.55. The molecule has 0 radical (unpaired) electrons. The number of likely N-dealkylation sites (tertiary alicyclic amines) is 1. The predicted molar refractivity (Wildman–Crippen MR) is 244 cm³/mol. The Labute approximate surface area is 385 Å². The molecule has 1 saturated carbocycles. The second kappa shape index (κ2) is 20.5. The third-order valence-electron chi connectivity index (χ3n) is 12.4. The van der Waals surface area contributed by atoms with Gasteiger partial charge in [-0.2, -0.15) is 10.2 Å². The normalized spacial score (nSPS) is 19.5. The monoisotopic (exact) mass is 909 g/mol. The summed E-state index contributed by atoms with van der Waals surface area (Å²) < 4.78 is 22.7. The number of nitriles is 1. The van der Waals surface area contributed by atoms with Gasteiger partial charge < -0.3 is 39.6 Å². The highest BCUT2D eigenvalue weighted by Crippen LogP contribution is 2.55. The zero-order valence-corrected chi connectivity index (χ0v) is 39.2. The zero-order valence-electron chi connectivity index (χ0n) is 38.4. The third-order valence-corrected chi connectivity index (χ3v) is 12.7. The average Bonchev–Trinajstić information content (AvgIpc) is 4.00. The summed E-state index contributed by atoms with van der Waals surface area (Å²) in [6.45, 7) is 16.7. The van der Waals surface area contributed by atoms with Gasteiger partial charge in [-0.05, 0) is 80.0 Å². The minimum absolute atomic E-state index is 0.174. The highest BCUT2D eigenvalue weighted by atomic mass is 35.5. The van der Waals surface area contributed by atoms with Gasteiger partial charge in [-0.15, -0.1) is 0 Å². The summed E-state index contributed by atoms with van der Waals surface area (Å²) in [5.41, 5.74) is 1.15. The topological polar surface area (TPSA) is 198 Å². The molecule has 65 heavy (non-hydrogen) atoms. The summed E-state index contributed by atoms with van der Waals surface area (Å²) in [7, 11) is 0. The first kappa shape index (κ1) is 48.5. The maximum Gasteiger partial charge on any atom is 0.251 e. The van der Waals surface area contributed by atoms with Crippen LogP contribution in [0, 0.1) is 27.6 Å². The van der Waals surface area contributed by atoms with Gasteiger partial charge in [0.2, 0.25) is 29.9 Å². The Hall–Kier alpha value is -5.98. The highest BCUT2D eigenvalue weighted by Gasteiger charge is 2.64. The number of nitrogens with zero attached hydrogens (tertiary/aromatic N) is 4. The van der Waals surface area contributed by atoms with Crippen molar-refractivity contribution in [3.63, 3.8) is 0 Å². The minimum Gasteiger partial charge on any atom is -0.494 e. The number of benzene rings is 3. The van der Waals surface area contributed by atoms with E-state index in [2.05, 4.69) is 59.9 Å². The van der Waals surface area contributed by atoms with Crippen LogP contribution < -0.4 is 25.4 Å². The first-order valence-electron chi connectivity index (χ1n) is 22.1. The molecule has 1 saturated heterocycles. The highest BCUT2D eigenvalue weighted by molar-refractivity contribution is 6.31. The van der Waals surface area contributed by atoms with E-state index in [1.165, 1.54) is 6.39 Å². The van der Waals surface area contributed by atoms with Crippen LogP contribution in [-0.2, 0) is 19.1 Å². The van der Waals surface area contributed by atoms with E-state index >= 15 is 0 Å². The van der Waals surface area contributed by atoms with Crippen molar-refractivity contribution in [1.82, 2.24) is 31.0 Å². The number of hydrogen-bond acceptors (Lipinski definition) is 11. The molecule has 2 fully saturated rings. The van der Waals surface area contributed by atoms with Crippen molar-refractivity contribution in [2.24, 2.45) is 16.2 Å². The fourth-order valence-electron chi connectivity index (χ4n) is 9.11. The van der Waals surface area contributed by atoms with E-state index in [0.717, 1.165) is 11.1 Å². The van der Waals surface area contributed by atoms with E-state index in [0.29, 0.717) is 78.9 Å². The van der Waals surface area contributed by atoms with Gasteiger partial charge in [0.25, 0.3) is 5.91 Å². The Bertz CT molecular complexity index is 2320. The number of amides is 4. The lowest BCUT2D eigenvalue weighted by atomic mass is 9.49. The molecule has 1 aliphatic carbocycles. The molecule has 15 nitrogen and oxygen atoms in total. The molecule has 1 aliphatic heterocycles. The van der Waals surface area contributed by atoms with E-state index in [4.69, 9.17) is 30.3 Å². The number of halogens is 1. The minimum atomic E-state index is -0.863. The molecule has 3 N–H and O–H groups in total. The van der Waals surface area contributed by atoms with Crippen LogP contribution in [0.3, 0.4) is 0 Å². The van der Waals surface area contributed by atoms with Crippen LogP contribution in [0.2, 0.25) is 5.02 Å². The molecule has 346 valence electrons. The molecule has 0 spiro atoms. The van der Waals surface area contributed by atoms with E-state index in [9.17, 15) is 24.4 Å². The van der Waals surface area contributed by atoms with Crippen LogP contribution in [0.15, 0.2) is 77.6 Å². The Morgan fingerprint density at radius 3 is 2.26 bits per heavy atom. The zero-order chi connectivity index (χ0) is 47.1. The number of carbonyl (C=O) groups excluding carboxylic acids is 4. The van der Waals surface area contributed by atoms with Crippen molar-refractivity contribution in [3.8, 4) is 29.0 Å². The second-order valence-corrected chi connectivity index (χ2v) is 19.5. The lowest BCUT2D eigenvalue weighted by Gasteiger charge is -2.63. The van der Waals surface area contributed by atoms with Gasteiger partial charge in [-0.25, -0.2) is 0 Å². The Balaban J connectivity index is 0.892. The van der Waals surface area contributed by atoms with Crippen molar-refractivity contribution < 1.29 is 37.9 Å². The molecule has 4 amide bonds. The van der Waals surface area contributed by atoms with Gasteiger partial charge in [0, 0.05) is 47.2 Å². The molecule has 6 rings (SSSR count). The van der Waals surface area contributed by atoms with E-state index in [1.807, 2.05) is 52.0 Å². The van der Waals surface area contributed by atoms with Crippen LogP contribution in [0.1, 0.15) is 109 Å². The van der Waals surface area contributed by atoms with Gasteiger partial charge in [-0.3, -0.25) is 19.2 Å². The first-order valence-corrected chi connectivity index (χ1v) is 22.4. The smallest absolute Gasteiger partial charge is 0.251 e. The summed E-state index contributed by atoms with van der Waals surface area (Å²) >= 11 is 6.23. The predicted octanol–water partition coefficient (Wildman–Crippen LogP) is 7.45. The van der Waals surface area contributed by atoms with Crippen molar-refractivity contribution in [1.29, 1.82) is 5.26 Å². The number of hydrogen-bond donors (Lipinski definition) is 3. The van der Waals surface area contributed by atoms with Crippen molar-refractivity contribution in [3.05, 3.63) is 94.8 Å². The Kier molecular flexibility index (Phi) is 15.3. The standard InChI is InChI=1S/C49H60ClN7O8/c1-30(31-13-15-32(16-14-31)41-52-29-64-56-41)53-43(60)38-12-11-23-57(38)44(61)40(47(2,3)4)54-39(58)28-62-24-9-10-25-63-35-20-17-33(18-21-35)42(59)55-45-48(5,6)46(49(45,7)8)65-36-22-19-34(27-51)37(50)26-36/h13-22,26,29-30,38,40,45-46H,9-12,23-25,28H2,1-8H3,(H,53,60)(H,54,58)(H,55,59)/t30-,38-,40+,45-,46-/m0/s1. The molecule has 3 aromatic carbocycles. The molecule has 2 aliphatic rings. The largest absolute Gasteiger partial charge is 0.494 e. The number of aromatic nitrogens is 2. The maximum absolute atomic E-state index is 14.0. The maximum atomic E-state index is 14.0. The lowest BCUT2D eigenvalue weighted by Crippen LogP contribution is -2.74. The second-order valence-electron chi connectivity index (χ2n) is 19.1. The van der Waals surface area contributed by atoms with E-state index in [-0.39, 0.29) is 42.5 Å². The summed E-state index contributed by atoms with van der Waals surface area (Å²) in [4.78, 5) is 59.6. The molecule has 2 heterocycles. The number of rotatable bonds is 18. The molecule has 16 heteroatoms. The summed E-state index contributed by atoms with van der Waals surface area (Å²) in [5.74, 6) is 0.511. The van der Waals surface area contributed by atoms with Crippen molar-refractivity contribution >= 4 is 35.2 Å². The molecule has 3 atom stereocenters. The van der Waals surface area contributed by atoms with Crippen molar-refractivity contribution in [2.75, 3.05) is 26.4 Å². The molecule has 1 aromatic heterocycles. The molecule has 4 aromatic rings. The van der Waals surface area contributed by atoms with Gasteiger partial charge in [0.05, 0.1) is 23.2 Å². The van der Waals surface area contributed by atoms with Crippen LogP contribution in [-0.4, -0.2) is 89.3 Å². The number of unbranched alkanes of at least 4 members (excludes halogenated alkanes) is 1. The fourth-order valence-corrected chi connectivity index (χ4v) is 9.32. The summed E-state index contributed by atoms with van der Waals surface area (Å²) in [5, 5.41) is 22.5. The third kappa shape index (κ3) is 11.5. The lowest BCUT2D eigenvalue weighted by molar-refractivity contribution is -0.164. The van der Waals surface area contributed by atoms with E-state index in [1.54, 1.807) is 47.4 Å². The van der Waals surface area contributed by atoms with Gasteiger partial charge >= 0.3 is 0 Å².